The zero-order valence-electron chi connectivity index (χ0n) is 13.3. The number of nitrogens with zero attached hydrogens (tertiary/aromatic N) is 2. The number of aromatic nitrogens is 2. The minimum Gasteiger partial charge on any atom is -0.507 e. The van der Waals surface area contributed by atoms with Crippen LogP contribution in [0.3, 0.4) is 0 Å². The summed E-state index contributed by atoms with van der Waals surface area (Å²) in [5.41, 5.74) is 5.65. The van der Waals surface area contributed by atoms with E-state index in [-0.39, 0.29) is 5.75 Å². The summed E-state index contributed by atoms with van der Waals surface area (Å²) in [6.07, 6.45) is 1.38. The molecule has 1 aromatic heterocycles. The minimum atomic E-state index is -0.405. The minimum absolute atomic E-state index is 0.0743. The van der Waals surface area contributed by atoms with Gasteiger partial charge >= 0.3 is 0 Å². The normalized spacial score (nSPS) is 11.0. The van der Waals surface area contributed by atoms with E-state index in [2.05, 4.69) is 36.7 Å². The largest absolute Gasteiger partial charge is 0.507 e. The Morgan fingerprint density at radius 3 is 2.80 bits per heavy atom. The molecular weight excluding hydrogens is 384 g/mol. The summed E-state index contributed by atoms with van der Waals surface area (Å²) in [6, 6.07) is 14.6. The van der Waals surface area contributed by atoms with Crippen molar-refractivity contribution in [2.24, 2.45) is 5.10 Å². The number of hydrogen-bond acceptors (Lipinski definition) is 4. The average Bonchev–Trinajstić information content (AvgIpc) is 3.00. The summed E-state index contributed by atoms with van der Waals surface area (Å²) in [7, 11) is 0. The van der Waals surface area contributed by atoms with E-state index in [1.165, 1.54) is 6.21 Å². The Labute approximate surface area is 152 Å². The van der Waals surface area contributed by atoms with Gasteiger partial charge in [-0.2, -0.15) is 10.2 Å². The number of aromatic hydroxyl groups is 1. The first kappa shape index (κ1) is 16.9. The summed E-state index contributed by atoms with van der Waals surface area (Å²) >= 11 is 3.31. The molecule has 3 rings (SSSR count). The number of phenolic OH excluding ortho intramolecular Hbond substituents is 1. The number of aromatic amines is 1. The van der Waals surface area contributed by atoms with Gasteiger partial charge in [-0.25, -0.2) is 5.43 Å². The number of H-pyrrole nitrogens is 1. The lowest BCUT2D eigenvalue weighted by Crippen LogP contribution is -2.19. The highest BCUT2D eigenvalue weighted by Gasteiger charge is 2.16. The molecule has 1 heterocycles. The number of hydrazone groups is 1. The smallest absolute Gasteiger partial charge is 0.289 e. The molecule has 0 unspecified atom stereocenters. The molecule has 3 aromatic rings. The second kappa shape index (κ2) is 7.31. The molecule has 7 heteroatoms. The molecule has 0 aliphatic rings. The molecule has 0 aliphatic carbocycles. The number of benzene rings is 2. The summed E-state index contributed by atoms with van der Waals surface area (Å²) < 4.78 is 0.801. The fourth-order valence-electron chi connectivity index (χ4n) is 2.34. The summed E-state index contributed by atoms with van der Waals surface area (Å²) in [4.78, 5) is 12.3. The predicted molar refractivity (Wildman–Crippen MR) is 99.6 cm³/mol. The summed E-state index contributed by atoms with van der Waals surface area (Å²) in [5.74, 6) is -0.330. The number of nitrogens with one attached hydrogen (secondary N) is 2. The maximum atomic E-state index is 12.3. The first-order chi connectivity index (χ1) is 12.1. The molecule has 25 heavy (non-hydrogen) atoms. The highest BCUT2D eigenvalue weighted by molar-refractivity contribution is 9.10. The van der Waals surface area contributed by atoms with Crippen LogP contribution >= 0.6 is 15.9 Å². The number of hydrogen-bond donors (Lipinski definition) is 3. The van der Waals surface area contributed by atoms with E-state index in [1.54, 1.807) is 18.2 Å². The second-order valence-corrected chi connectivity index (χ2v) is 6.26. The van der Waals surface area contributed by atoms with Gasteiger partial charge < -0.3 is 5.11 Å². The van der Waals surface area contributed by atoms with Crippen molar-refractivity contribution in [1.82, 2.24) is 15.6 Å². The lowest BCUT2D eigenvalue weighted by Gasteiger charge is -2.01. The first-order valence-electron chi connectivity index (χ1n) is 7.48. The van der Waals surface area contributed by atoms with Crippen molar-refractivity contribution >= 4 is 28.1 Å². The van der Waals surface area contributed by atoms with Gasteiger partial charge in [0.1, 0.15) is 11.4 Å². The van der Waals surface area contributed by atoms with E-state index < -0.39 is 5.91 Å². The topological polar surface area (TPSA) is 90.4 Å². The van der Waals surface area contributed by atoms with E-state index in [9.17, 15) is 9.90 Å². The SMILES string of the molecule is Cc1c(-c2ccccc2)n[nH]c1C(=O)N/N=C\c1cc(Br)ccc1O. The third-order valence-electron chi connectivity index (χ3n) is 3.64. The summed E-state index contributed by atoms with van der Waals surface area (Å²) in [6.45, 7) is 1.82. The molecule has 0 saturated carbocycles. The van der Waals surface area contributed by atoms with Crippen molar-refractivity contribution in [3.8, 4) is 17.0 Å². The van der Waals surface area contributed by atoms with Crippen LogP contribution in [-0.4, -0.2) is 27.4 Å². The highest BCUT2D eigenvalue weighted by Crippen LogP contribution is 2.23. The Kier molecular flexibility index (Phi) is 4.95. The van der Waals surface area contributed by atoms with Crippen molar-refractivity contribution in [3.63, 3.8) is 0 Å². The Balaban J connectivity index is 1.75. The van der Waals surface area contributed by atoms with Crippen molar-refractivity contribution in [1.29, 1.82) is 0 Å². The molecule has 0 bridgehead atoms. The fraction of sp³-hybridized carbons (Fsp3) is 0.0556. The van der Waals surface area contributed by atoms with Crippen molar-refractivity contribution in [2.75, 3.05) is 0 Å². The van der Waals surface area contributed by atoms with Crippen molar-refractivity contribution in [3.05, 3.63) is 69.8 Å². The van der Waals surface area contributed by atoms with Crippen LogP contribution in [0, 0.1) is 6.92 Å². The molecule has 2 aromatic carbocycles. The van der Waals surface area contributed by atoms with Crippen LogP contribution in [0.4, 0.5) is 0 Å². The van der Waals surface area contributed by atoms with E-state index in [1.807, 2.05) is 37.3 Å². The molecule has 1 amide bonds. The van der Waals surface area contributed by atoms with Crippen LogP contribution in [-0.2, 0) is 0 Å². The van der Waals surface area contributed by atoms with Crippen LogP contribution in [0.15, 0.2) is 58.1 Å². The zero-order valence-corrected chi connectivity index (χ0v) is 14.9. The van der Waals surface area contributed by atoms with Crippen LogP contribution in [0.2, 0.25) is 0 Å². The number of amides is 1. The first-order valence-corrected chi connectivity index (χ1v) is 8.28. The van der Waals surface area contributed by atoms with Gasteiger partial charge in [0.15, 0.2) is 0 Å². The lowest BCUT2D eigenvalue weighted by atomic mass is 10.1. The Hall–Kier alpha value is -2.93. The van der Waals surface area contributed by atoms with Crippen LogP contribution in [0.5, 0.6) is 5.75 Å². The lowest BCUT2D eigenvalue weighted by molar-refractivity contribution is 0.0949. The van der Waals surface area contributed by atoms with E-state index in [0.717, 1.165) is 21.3 Å². The maximum absolute atomic E-state index is 12.3. The van der Waals surface area contributed by atoms with Crippen LogP contribution in [0.25, 0.3) is 11.3 Å². The second-order valence-electron chi connectivity index (χ2n) is 5.34. The van der Waals surface area contributed by atoms with Crippen LogP contribution < -0.4 is 5.43 Å². The zero-order chi connectivity index (χ0) is 17.8. The summed E-state index contributed by atoms with van der Waals surface area (Å²) in [5, 5.41) is 20.6. The quantitative estimate of drug-likeness (QED) is 0.462. The molecular formula is C18H15BrN4O2. The Morgan fingerprint density at radius 1 is 1.28 bits per heavy atom. The van der Waals surface area contributed by atoms with Gasteiger partial charge in [-0.1, -0.05) is 46.3 Å². The standard InChI is InChI=1S/C18H15BrN4O2/c1-11-16(12-5-3-2-4-6-12)21-22-17(11)18(25)23-20-10-13-9-14(19)7-8-15(13)24/h2-10,24H,1H3,(H,21,22)(H,23,25)/b20-10-. The molecule has 0 saturated heterocycles. The fourth-order valence-corrected chi connectivity index (χ4v) is 2.72. The third kappa shape index (κ3) is 3.77. The molecule has 6 nitrogen and oxygen atoms in total. The highest BCUT2D eigenvalue weighted by atomic mass is 79.9. The molecule has 0 fully saturated rings. The average molecular weight is 399 g/mol. The monoisotopic (exact) mass is 398 g/mol. The maximum Gasteiger partial charge on any atom is 0.289 e. The van der Waals surface area contributed by atoms with Gasteiger partial charge in [0, 0.05) is 21.2 Å². The molecule has 0 aliphatic heterocycles. The van der Waals surface area contributed by atoms with Gasteiger partial charge in [0.2, 0.25) is 0 Å². The molecule has 126 valence electrons. The van der Waals surface area contributed by atoms with Gasteiger partial charge in [-0.05, 0) is 25.1 Å². The molecule has 3 N–H and O–H groups in total. The van der Waals surface area contributed by atoms with Crippen molar-refractivity contribution in [2.45, 2.75) is 6.92 Å². The molecule has 0 atom stereocenters. The number of halogens is 1. The molecule has 0 radical (unpaired) electrons. The van der Waals surface area contributed by atoms with Gasteiger partial charge in [0.25, 0.3) is 5.91 Å². The van der Waals surface area contributed by atoms with Gasteiger partial charge in [-0.15, -0.1) is 0 Å². The Bertz CT molecular complexity index is 936. The Morgan fingerprint density at radius 2 is 2.04 bits per heavy atom. The van der Waals surface area contributed by atoms with E-state index in [0.29, 0.717) is 11.3 Å². The van der Waals surface area contributed by atoms with Gasteiger partial charge in [-0.3, -0.25) is 9.89 Å². The predicted octanol–water partition coefficient (Wildman–Crippen LogP) is 3.62. The molecule has 0 spiro atoms. The third-order valence-corrected chi connectivity index (χ3v) is 4.14. The van der Waals surface area contributed by atoms with Crippen molar-refractivity contribution < 1.29 is 9.90 Å². The van der Waals surface area contributed by atoms with E-state index >= 15 is 0 Å². The number of carbonyl (C=O) groups excluding carboxylic acids is 1. The van der Waals surface area contributed by atoms with E-state index in [4.69, 9.17) is 0 Å². The van der Waals surface area contributed by atoms with Crippen LogP contribution in [0.1, 0.15) is 21.6 Å². The number of rotatable bonds is 4. The number of phenols is 1. The number of carbonyl (C=O) groups is 1. The van der Waals surface area contributed by atoms with Gasteiger partial charge in [0.05, 0.1) is 11.9 Å².